The number of hydrogen-bond acceptors (Lipinski definition) is 5. The molecule has 0 bridgehead atoms. The molecule has 2 aromatic heterocycles. The smallest absolute Gasteiger partial charge is 0.250 e. The molecule has 3 aromatic rings. The van der Waals surface area contributed by atoms with Crippen LogP contribution in [0.3, 0.4) is 0 Å². The number of anilines is 1. The van der Waals surface area contributed by atoms with E-state index in [0.717, 1.165) is 10.6 Å². The van der Waals surface area contributed by atoms with E-state index in [2.05, 4.69) is 15.3 Å². The lowest BCUT2D eigenvalue weighted by Crippen LogP contribution is -2.19. The maximum Gasteiger partial charge on any atom is 0.250 e. The Labute approximate surface area is 142 Å². The highest BCUT2D eigenvalue weighted by Crippen LogP contribution is 2.23. The van der Waals surface area contributed by atoms with Gasteiger partial charge in [0, 0.05) is 23.3 Å². The highest BCUT2D eigenvalue weighted by molar-refractivity contribution is 7.13. The summed E-state index contributed by atoms with van der Waals surface area (Å²) in [6.45, 7) is 0. The van der Waals surface area contributed by atoms with Crippen LogP contribution in [0.2, 0.25) is 0 Å². The van der Waals surface area contributed by atoms with Gasteiger partial charge in [-0.15, -0.1) is 11.3 Å². The standard InChI is InChI=1S/C17H14N4O2S/c18-16(23)13-5-1-2-6-14(13)21-15(22)8-12-10-24-17(20-12)11-4-3-7-19-9-11/h1-7,9-10H,8H2,(H2,18,23)(H,21,22). The molecule has 0 saturated carbocycles. The lowest BCUT2D eigenvalue weighted by Gasteiger charge is -2.07. The zero-order valence-corrected chi connectivity index (χ0v) is 13.4. The zero-order chi connectivity index (χ0) is 16.9. The number of nitrogens with one attached hydrogen (secondary N) is 1. The Hall–Kier alpha value is -3.06. The highest BCUT2D eigenvalue weighted by atomic mass is 32.1. The minimum Gasteiger partial charge on any atom is -0.366 e. The lowest BCUT2D eigenvalue weighted by molar-refractivity contribution is -0.115. The van der Waals surface area contributed by atoms with Gasteiger partial charge in [-0.2, -0.15) is 0 Å². The van der Waals surface area contributed by atoms with Gasteiger partial charge in [0.05, 0.1) is 23.4 Å². The Morgan fingerprint density at radius 2 is 2.00 bits per heavy atom. The first-order valence-electron chi connectivity index (χ1n) is 7.17. The first-order valence-corrected chi connectivity index (χ1v) is 8.05. The van der Waals surface area contributed by atoms with Crippen LogP contribution in [0.25, 0.3) is 10.6 Å². The first kappa shape index (κ1) is 15.8. The van der Waals surface area contributed by atoms with Gasteiger partial charge in [0.2, 0.25) is 5.91 Å². The monoisotopic (exact) mass is 338 g/mol. The molecule has 0 aliphatic rings. The molecule has 2 amide bonds. The van der Waals surface area contributed by atoms with Crippen molar-refractivity contribution in [2.45, 2.75) is 6.42 Å². The SMILES string of the molecule is NC(=O)c1ccccc1NC(=O)Cc1csc(-c2cccnc2)n1. The van der Waals surface area contributed by atoms with E-state index in [-0.39, 0.29) is 17.9 Å². The molecule has 2 heterocycles. The molecule has 0 aliphatic carbocycles. The van der Waals surface area contributed by atoms with Gasteiger partial charge in [-0.25, -0.2) is 4.98 Å². The first-order chi connectivity index (χ1) is 11.6. The number of benzene rings is 1. The number of carbonyl (C=O) groups is 2. The van der Waals surface area contributed by atoms with Crippen molar-refractivity contribution in [2.75, 3.05) is 5.32 Å². The average Bonchev–Trinajstić information content (AvgIpc) is 3.04. The van der Waals surface area contributed by atoms with Crippen LogP contribution in [0.15, 0.2) is 54.2 Å². The molecule has 3 rings (SSSR count). The van der Waals surface area contributed by atoms with Crippen molar-refractivity contribution < 1.29 is 9.59 Å². The second kappa shape index (κ2) is 7.01. The van der Waals surface area contributed by atoms with Crippen LogP contribution in [0.4, 0.5) is 5.69 Å². The molecule has 0 atom stereocenters. The van der Waals surface area contributed by atoms with Crippen molar-refractivity contribution >= 4 is 28.8 Å². The molecule has 0 radical (unpaired) electrons. The van der Waals surface area contributed by atoms with Gasteiger partial charge in [0.25, 0.3) is 5.91 Å². The quantitative estimate of drug-likeness (QED) is 0.746. The summed E-state index contributed by atoms with van der Waals surface area (Å²) in [5, 5.41) is 5.35. The van der Waals surface area contributed by atoms with Crippen LogP contribution in [0.1, 0.15) is 16.1 Å². The molecule has 0 spiro atoms. The van der Waals surface area contributed by atoms with Crippen molar-refractivity contribution in [2.24, 2.45) is 5.73 Å². The Bertz CT molecular complexity index is 877. The second-order valence-electron chi connectivity index (χ2n) is 5.02. The van der Waals surface area contributed by atoms with Crippen LogP contribution in [0, 0.1) is 0 Å². The summed E-state index contributed by atoms with van der Waals surface area (Å²) in [6.07, 6.45) is 3.54. The summed E-state index contributed by atoms with van der Waals surface area (Å²) >= 11 is 1.45. The topological polar surface area (TPSA) is 98.0 Å². The Kier molecular flexibility index (Phi) is 4.62. The number of hydrogen-bond donors (Lipinski definition) is 2. The summed E-state index contributed by atoms with van der Waals surface area (Å²) in [4.78, 5) is 32.1. The van der Waals surface area contributed by atoms with E-state index >= 15 is 0 Å². The Morgan fingerprint density at radius 3 is 2.75 bits per heavy atom. The highest BCUT2D eigenvalue weighted by Gasteiger charge is 2.12. The van der Waals surface area contributed by atoms with Crippen LogP contribution in [-0.4, -0.2) is 21.8 Å². The van der Waals surface area contributed by atoms with E-state index in [0.29, 0.717) is 11.4 Å². The number of nitrogens with two attached hydrogens (primary N) is 1. The van der Waals surface area contributed by atoms with Gasteiger partial charge in [0.1, 0.15) is 5.01 Å². The zero-order valence-electron chi connectivity index (χ0n) is 12.6. The molecular formula is C17H14N4O2S. The number of para-hydroxylation sites is 1. The van der Waals surface area contributed by atoms with Crippen molar-refractivity contribution in [1.29, 1.82) is 0 Å². The Balaban J connectivity index is 1.70. The average molecular weight is 338 g/mol. The maximum absolute atomic E-state index is 12.2. The lowest BCUT2D eigenvalue weighted by atomic mass is 10.1. The summed E-state index contributed by atoms with van der Waals surface area (Å²) in [6, 6.07) is 10.4. The molecule has 7 heteroatoms. The van der Waals surface area contributed by atoms with E-state index < -0.39 is 5.91 Å². The van der Waals surface area contributed by atoms with E-state index in [1.165, 1.54) is 11.3 Å². The van der Waals surface area contributed by atoms with Crippen LogP contribution < -0.4 is 11.1 Å². The van der Waals surface area contributed by atoms with E-state index in [1.807, 2.05) is 17.5 Å². The summed E-state index contributed by atoms with van der Waals surface area (Å²) in [5.74, 6) is -0.842. The van der Waals surface area contributed by atoms with Gasteiger partial charge in [-0.3, -0.25) is 14.6 Å². The number of primary amides is 1. The minimum absolute atomic E-state index is 0.115. The van der Waals surface area contributed by atoms with Crippen LogP contribution in [0.5, 0.6) is 0 Å². The maximum atomic E-state index is 12.2. The number of pyridine rings is 1. The van der Waals surface area contributed by atoms with E-state index in [4.69, 9.17) is 5.73 Å². The van der Waals surface area contributed by atoms with Crippen molar-refractivity contribution in [3.63, 3.8) is 0 Å². The van der Waals surface area contributed by atoms with Gasteiger partial charge < -0.3 is 11.1 Å². The molecule has 1 aromatic carbocycles. The van der Waals surface area contributed by atoms with E-state index in [9.17, 15) is 9.59 Å². The summed E-state index contributed by atoms with van der Waals surface area (Å²) in [7, 11) is 0. The number of rotatable bonds is 5. The van der Waals surface area contributed by atoms with Gasteiger partial charge >= 0.3 is 0 Å². The van der Waals surface area contributed by atoms with Crippen molar-refractivity contribution in [3.8, 4) is 10.6 Å². The molecule has 0 aliphatic heterocycles. The number of aromatic nitrogens is 2. The third kappa shape index (κ3) is 3.64. The molecule has 3 N–H and O–H groups in total. The summed E-state index contributed by atoms with van der Waals surface area (Å²) < 4.78 is 0. The molecule has 6 nitrogen and oxygen atoms in total. The normalized spacial score (nSPS) is 10.3. The fourth-order valence-electron chi connectivity index (χ4n) is 2.18. The summed E-state index contributed by atoms with van der Waals surface area (Å²) in [5.41, 5.74) is 7.55. The largest absolute Gasteiger partial charge is 0.366 e. The number of nitrogens with zero attached hydrogens (tertiary/aromatic N) is 2. The minimum atomic E-state index is -0.585. The second-order valence-corrected chi connectivity index (χ2v) is 5.88. The molecule has 0 unspecified atom stereocenters. The van der Waals surface area contributed by atoms with Crippen LogP contribution in [-0.2, 0) is 11.2 Å². The van der Waals surface area contributed by atoms with Crippen molar-refractivity contribution in [3.05, 3.63) is 65.4 Å². The van der Waals surface area contributed by atoms with Crippen LogP contribution >= 0.6 is 11.3 Å². The van der Waals surface area contributed by atoms with Gasteiger partial charge in [0.15, 0.2) is 0 Å². The number of amides is 2. The van der Waals surface area contributed by atoms with Gasteiger partial charge in [-0.05, 0) is 24.3 Å². The third-order valence-electron chi connectivity index (χ3n) is 3.27. The Morgan fingerprint density at radius 1 is 1.17 bits per heavy atom. The van der Waals surface area contributed by atoms with Crippen molar-refractivity contribution in [1.82, 2.24) is 9.97 Å². The molecule has 0 saturated heterocycles. The predicted molar refractivity (Wildman–Crippen MR) is 92.6 cm³/mol. The predicted octanol–water partition coefficient (Wildman–Crippen LogP) is 2.49. The van der Waals surface area contributed by atoms with E-state index in [1.54, 1.807) is 36.7 Å². The fourth-order valence-corrected chi connectivity index (χ4v) is 2.99. The molecule has 120 valence electrons. The fraction of sp³-hybridized carbons (Fsp3) is 0.0588. The molecule has 0 fully saturated rings. The number of thiazole rings is 1. The molecular weight excluding hydrogens is 324 g/mol. The third-order valence-corrected chi connectivity index (χ3v) is 4.21. The molecule has 24 heavy (non-hydrogen) atoms. The van der Waals surface area contributed by atoms with Gasteiger partial charge in [-0.1, -0.05) is 12.1 Å². The number of carbonyl (C=O) groups excluding carboxylic acids is 2.